The van der Waals surface area contributed by atoms with Crippen molar-refractivity contribution < 1.29 is 8.42 Å². The maximum absolute atomic E-state index is 11.8. The van der Waals surface area contributed by atoms with Crippen molar-refractivity contribution in [1.82, 2.24) is 0 Å². The lowest BCUT2D eigenvalue weighted by molar-refractivity contribution is 0.598. The van der Waals surface area contributed by atoms with E-state index >= 15 is 0 Å². The topological polar surface area (TPSA) is 58.5 Å². The Labute approximate surface area is 94.8 Å². The predicted molar refractivity (Wildman–Crippen MR) is 65.1 cm³/mol. The van der Waals surface area contributed by atoms with Gasteiger partial charge in [-0.2, -0.15) is 8.42 Å². The number of hydrogen-bond donors (Lipinski definition) is 1. The second-order valence-electron chi connectivity index (χ2n) is 3.77. The summed E-state index contributed by atoms with van der Waals surface area (Å²) in [5, 5.41) is 2.92. The molecular weight excluding hydrogens is 224 g/mol. The zero-order valence-electron chi connectivity index (χ0n) is 9.11. The van der Waals surface area contributed by atoms with Crippen molar-refractivity contribution in [3.63, 3.8) is 0 Å². The van der Waals surface area contributed by atoms with Crippen LogP contribution < -0.4 is 5.32 Å². The van der Waals surface area contributed by atoms with E-state index in [2.05, 4.69) is 16.3 Å². The van der Waals surface area contributed by atoms with Crippen LogP contribution in [-0.4, -0.2) is 14.3 Å². The van der Waals surface area contributed by atoms with E-state index in [1.54, 1.807) is 19.1 Å². The van der Waals surface area contributed by atoms with Gasteiger partial charge in [-0.3, -0.25) is 0 Å². The smallest absolute Gasteiger partial charge is 0.286 e. The first-order valence-corrected chi connectivity index (χ1v) is 6.23. The average molecular weight is 236 g/mol. The minimum Gasteiger partial charge on any atom is -0.342 e. The highest BCUT2D eigenvalue weighted by atomic mass is 32.2. The number of rotatable bonds is 1. The van der Waals surface area contributed by atoms with Gasteiger partial charge >= 0.3 is 0 Å². The summed E-state index contributed by atoms with van der Waals surface area (Å²) in [7, 11) is -3.56. The maximum atomic E-state index is 11.8. The minimum atomic E-state index is -3.56. The third-order valence-corrected chi connectivity index (χ3v) is 3.73. The standard InChI is InChI=1S/C11H12N2O2S/c1-7(2)9-4-5-10-11(6-9)16(14,15)13-8(3)12-10/h4-6H,1H2,2-3H3,(H,12,13). The second-order valence-corrected chi connectivity index (χ2v) is 5.34. The third kappa shape index (κ3) is 1.74. The number of fused-ring (bicyclic) bond motifs is 1. The highest BCUT2D eigenvalue weighted by Crippen LogP contribution is 2.29. The number of hydrogen-bond acceptors (Lipinski definition) is 3. The van der Waals surface area contributed by atoms with E-state index in [1.807, 2.05) is 13.0 Å². The van der Waals surface area contributed by atoms with Crippen LogP contribution in [0.4, 0.5) is 5.69 Å². The Morgan fingerprint density at radius 2 is 2.12 bits per heavy atom. The van der Waals surface area contributed by atoms with Crippen molar-refractivity contribution in [2.24, 2.45) is 4.40 Å². The number of sulfonamides is 1. The van der Waals surface area contributed by atoms with Crippen LogP contribution in [0.15, 0.2) is 34.1 Å². The Balaban J connectivity index is 2.68. The summed E-state index contributed by atoms with van der Waals surface area (Å²) in [5.41, 5.74) is 2.20. The maximum Gasteiger partial charge on any atom is 0.286 e. The summed E-state index contributed by atoms with van der Waals surface area (Å²) in [6, 6.07) is 5.16. The molecule has 2 rings (SSSR count). The van der Waals surface area contributed by atoms with Crippen LogP contribution in [0.2, 0.25) is 0 Å². The molecule has 1 heterocycles. The number of nitrogens with one attached hydrogen (secondary N) is 1. The van der Waals surface area contributed by atoms with Gasteiger partial charge in [-0.15, -0.1) is 4.40 Å². The first-order chi connectivity index (χ1) is 7.40. The molecule has 0 radical (unpaired) electrons. The Kier molecular flexibility index (Phi) is 2.35. The molecule has 0 saturated heterocycles. The Hall–Kier alpha value is -1.62. The monoisotopic (exact) mass is 236 g/mol. The van der Waals surface area contributed by atoms with E-state index in [0.717, 1.165) is 11.1 Å². The molecule has 0 bridgehead atoms. The molecule has 16 heavy (non-hydrogen) atoms. The molecule has 84 valence electrons. The molecule has 0 aliphatic carbocycles. The lowest BCUT2D eigenvalue weighted by Gasteiger charge is -2.16. The van der Waals surface area contributed by atoms with Crippen molar-refractivity contribution in [3.05, 3.63) is 30.3 Å². The summed E-state index contributed by atoms with van der Waals surface area (Å²) in [6.07, 6.45) is 0. The number of anilines is 1. The highest BCUT2D eigenvalue weighted by Gasteiger charge is 2.23. The quantitative estimate of drug-likeness (QED) is 0.813. The van der Waals surface area contributed by atoms with Crippen molar-refractivity contribution in [1.29, 1.82) is 0 Å². The summed E-state index contributed by atoms with van der Waals surface area (Å²) in [6.45, 7) is 7.24. The van der Waals surface area contributed by atoms with Gasteiger partial charge in [-0.1, -0.05) is 18.2 Å². The number of nitrogens with zero attached hydrogens (tertiary/aromatic N) is 1. The van der Waals surface area contributed by atoms with E-state index in [-0.39, 0.29) is 4.90 Å². The van der Waals surface area contributed by atoms with E-state index in [9.17, 15) is 8.42 Å². The van der Waals surface area contributed by atoms with Crippen LogP contribution in [0.25, 0.3) is 5.57 Å². The lowest BCUT2D eigenvalue weighted by atomic mass is 10.1. The minimum absolute atomic E-state index is 0.207. The molecule has 0 spiro atoms. The molecule has 0 amide bonds. The van der Waals surface area contributed by atoms with Gasteiger partial charge in [0, 0.05) is 0 Å². The molecule has 4 nitrogen and oxygen atoms in total. The van der Waals surface area contributed by atoms with Crippen LogP contribution in [0.5, 0.6) is 0 Å². The van der Waals surface area contributed by atoms with Gasteiger partial charge in [-0.05, 0) is 31.5 Å². The van der Waals surface area contributed by atoms with E-state index in [4.69, 9.17) is 0 Å². The van der Waals surface area contributed by atoms with Gasteiger partial charge in [0.25, 0.3) is 10.0 Å². The van der Waals surface area contributed by atoms with E-state index < -0.39 is 10.0 Å². The largest absolute Gasteiger partial charge is 0.342 e. The highest BCUT2D eigenvalue weighted by molar-refractivity contribution is 7.90. The van der Waals surface area contributed by atoms with Gasteiger partial charge in [0.1, 0.15) is 10.7 Å². The van der Waals surface area contributed by atoms with Crippen molar-refractivity contribution in [3.8, 4) is 0 Å². The summed E-state index contributed by atoms with van der Waals surface area (Å²) < 4.78 is 27.2. The molecular formula is C11H12N2O2S. The fourth-order valence-corrected chi connectivity index (χ4v) is 2.73. The molecule has 0 aromatic heterocycles. The third-order valence-electron chi connectivity index (χ3n) is 2.32. The van der Waals surface area contributed by atoms with Crippen LogP contribution in [0.3, 0.4) is 0 Å². The molecule has 1 N–H and O–H groups in total. The van der Waals surface area contributed by atoms with Gasteiger partial charge in [-0.25, -0.2) is 0 Å². The number of benzene rings is 1. The summed E-state index contributed by atoms with van der Waals surface area (Å²) in [5.74, 6) is 0.385. The molecule has 1 aliphatic heterocycles. The SMILES string of the molecule is C=C(C)c1ccc2c(c1)S(=O)(=O)N=C(C)N2. The van der Waals surface area contributed by atoms with Crippen molar-refractivity contribution in [2.75, 3.05) is 5.32 Å². The lowest BCUT2D eigenvalue weighted by Crippen LogP contribution is -2.18. The Morgan fingerprint density at radius 3 is 2.75 bits per heavy atom. The zero-order chi connectivity index (χ0) is 11.9. The van der Waals surface area contributed by atoms with Gasteiger partial charge in [0.2, 0.25) is 0 Å². The molecule has 0 unspecified atom stereocenters. The molecule has 0 saturated carbocycles. The van der Waals surface area contributed by atoms with Gasteiger partial charge < -0.3 is 5.32 Å². The van der Waals surface area contributed by atoms with E-state index in [0.29, 0.717) is 11.5 Å². The molecule has 1 aromatic rings. The number of allylic oxidation sites excluding steroid dienone is 1. The first-order valence-electron chi connectivity index (χ1n) is 4.79. The molecule has 1 aromatic carbocycles. The van der Waals surface area contributed by atoms with Crippen LogP contribution >= 0.6 is 0 Å². The Bertz CT molecular complexity index is 600. The summed E-state index contributed by atoms with van der Waals surface area (Å²) in [4.78, 5) is 0.207. The zero-order valence-corrected chi connectivity index (χ0v) is 9.93. The van der Waals surface area contributed by atoms with Gasteiger partial charge in [0.05, 0.1) is 5.69 Å². The summed E-state index contributed by atoms with van der Waals surface area (Å²) >= 11 is 0. The Morgan fingerprint density at radius 1 is 1.44 bits per heavy atom. The number of amidine groups is 1. The first kappa shape index (κ1) is 10.9. The van der Waals surface area contributed by atoms with Crippen LogP contribution in [0.1, 0.15) is 19.4 Å². The second kappa shape index (κ2) is 3.45. The predicted octanol–water partition coefficient (Wildman–Crippen LogP) is 2.25. The normalized spacial score (nSPS) is 17.0. The van der Waals surface area contributed by atoms with Crippen molar-refractivity contribution >= 4 is 27.1 Å². The molecule has 0 fully saturated rings. The molecule has 1 aliphatic rings. The van der Waals surface area contributed by atoms with Crippen LogP contribution in [0, 0.1) is 0 Å². The fraction of sp³-hybridized carbons (Fsp3) is 0.182. The van der Waals surface area contributed by atoms with Crippen LogP contribution in [-0.2, 0) is 10.0 Å². The van der Waals surface area contributed by atoms with E-state index in [1.165, 1.54) is 0 Å². The fourth-order valence-electron chi connectivity index (χ4n) is 1.55. The van der Waals surface area contributed by atoms with Gasteiger partial charge in [0.15, 0.2) is 0 Å². The molecule has 0 atom stereocenters. The molecule has 5 heteroatoms. The van der Waals surface area contributed by atoms with Crippen molar-refractivity contribution in [2.45, 2.75) is 18.7 Å². The average Bonchev–Trinajstić information content (AvgIpc) is 2.15.